The number of hydrogen-bond acceptors (Lipinski definition) is 3. The SMILES string of the molecule is COc1ccc([C@H]2[C@@H](C(=O)O)CC(=O)N2C2CC2)cc1. The summed E-state index contributed by atoms with van der Waals surface area (Å²) in [5.74, 6) is -0.873. The zero-order chi connectivity index (χ0) is 14.3. The Balaban J connectivity index is 1.95. The molecule has 1 N–H and O–H groups in total. The van der Waals surface area contributed by atoms with Crippen LogP contribution in [0.2, 0.25) is 0 Å². The molecule has 1 aliphatic heterocycles. The van der Waals surface area contributed by atoms with Crippen LogP contribution in [0, 0.1) is 5.92 Å². The third-order valence-electron chi connectivity index (χ3n) is 4.08. The number of methoxy groups -OCH3 is 1. The van der Waals surface area contributed by atoms with Gasteiger partial charge in [0, 0.05) is 12.5 Å². The molecule has 1 aliphatic carbocycles. The van der Waals surface area contributed by atoms with Crippen LogP contribution in [0.5, 0.6) is 5.75 Å². The lowest BCUT2D eigenvalue weighted by molar-refractivity contribution is -0.142. The first-order chi connectivity index (χ1) is 9.61. The number of ether oxygens (including phenoxy) is 1. The molecule has 2 aliphatic rings. The van der Waals surface area contributed by atoms with Gasteiger partial charge in [-0.3, -0.25) is 9.59 Å². The Kier molecular flexibility index (Phi) is 3.12. The van der Waals surface area contributed by atoms with Gasteiger partial charge in [0.05, 0.1) is 19.1 Å². The largest absolute Gasteiger partial charge is 0.497 e. The minimum absolute atomic E-state index is 0.0410. The van der Waals surface area contributed by atoms with Crippen molar-refractivity contribution >= 4 is 11.9 Å². The van der Waals surface area contributed by atoms with E-state index in [0.717, 1.165) is 24.2 Å². The van der Waals surface area contributed by atoms with Gasteiger partial charge in [-0.25, -0.2) is 0 Å². The predicted octanol–water partition coefficient (Wildman–Crippen LogP) is 1.83. The molecule has 1 aromatic rings. The standard InChI is InChI=1S/C15H17NO4/c1-20-11-6-2-9(3-7-11)14-12(15(18)19)8-13(17)16(14)10-4-5-10/h2-3,6-7,10,12,14H,4-5,8H2,1H3,(H,18,19)/t12-,14-/m0/s1. The minimum Gasteiger partial charge on any atom is -0.497 e. The van der Waals surface area contributed by atoms with Crippen LogP contribution in [-0.4, -0.2) is 35.0 Å². The molecule has 1 saturated heterocycles. The Bertz CT molecular complexity index is 535. The average molecular weight is 275 g/mol. The Morgan fingerprint density at radius 1 is 1.30 bits per heavy atom. The molecular formula is C15H17NO4. The molecule has 1 heterocycles. The van der Waals surface area contributed by atoms with Gasteiger partial charge in [-0.1, -0.05) is 12.1 Å². The van der Waals surface area contributed by atoms with E-state index in [2.05, 4.69) is 0 Å². The summed E-state index contributed by atoms with van der Waals surface area (Å²) in [6.07, 6.45) is 2.05. The van der Waals surface area contributed by atoms with Crippen LogP contribution in [0.3, 0.4) is 0 Å². The number of hydrogen-bond donors (Lipinski definition) is 1. The van der Waals surface area contributed by atoms with Gasteiger partial charge < -0.3 is 14.7 Å². The fourth-order valence-electron chi connectivity index (χ4n) is 2.95. The number of carbonyl (C=O) groups excluding carboxylic acids is 1. The number of nitrogens with zero attached hydrogens (tertiary/aromatic N) is 1. The van der Waals surface area contributed by atoms with Crippen molar-refractivity contribution in [2.45, 2.75) is 31.3 Å². The van der Waals surface area contributed by atoms with E-state index >= 15 is 0 Å². The number of carboxylic acid groups (broad SMARTS) is 1. The van der Waals surface area contributed by atoms with Gasteiger partial charge in [0.15, 0.2) is 0 Å². The Morgan fingerprint density at radius 2 is 1.95 bits per heavy atom. The molecule has 2 fully saturated rings. The van der Waals surface area contributed by atoms with Crippen LogP contribution in [0.1, 0.15) is 30.9 Å². The Hall–Kier alpha value is -2.04. The summed E-state index contributed by atoms with van der Waals surface area (Å²) in [6.45, 7) is 0. The molecule has 1 aromatic carbocycles. The third-order valence-corrected chi connectivity index (χ3v) is 4.08. The van der Waals surface area contributed by atoms with Crippen LogP contribution in [0.4, 0.5) is 0 Å². The van der Waals surface area contributed by atoms with E-state index < -0.39 is 11.9 Å². The van der Waals surface area contributed by atoms with Gasteiger partial charge >= 0.3 is 5.97 Å². The van der Waals surface area contributed by atoms with Gasteiger partial charge in [-0.2, -0.15) is 0 Å². The van der Waals surface area contributed by atoms with Crippen molar-refractivity contribution < 1.29 is 19.4 Å². The minimum atomic E-state index is -0.901. The van der Waals surface area contributed by atoms with Crippen molar-refractivity contribution in [1.82, 2.24) is 4.90 Å². The summed E-state index contributed by atoms with van der Waals surface area (Å²) < 4.78 is 5.12. The number of carboxylic acids is 1. The first kappa shape index (κ1) is 13.0. The first-order valence-corrected chi connectivity index (χ1v) is 6.79. The molecule has 3 rings (SSSR count). The molecule has 0 spiro atoms. The number of aliphatic carboxylic acids is 1. The van der Waals surface area contributed by atoms with Crippen LogP contribution in [0.15, 0.2) is 24.3 Å². The van der Waals surface area contributed by atoms with Gasteiger partial charge in [0.2, 0.25) is 5.91 Å². The topological polar surface area (TPSA) is 66.8 Å². The van der Waals surface area contributed by atoms with Crippen LogP contribution >= 0.6 is 0 Å². The summed E-state index contributed by atoms with van der Waals surface area (Å²) in [5.41, 5.74) is 0.871. The zero-order valence-electron chi connectivity index (χ0n) is 11.3. The van der Waals surface area contributed by atoms with Gasteiger partial charge in [-0.05, 0) is 30.5 Å². The molecule has 2 atom stereocenters. The lowest BCUT2D eigenvalue weighted by Gasteiger charge is -2.27. The predicted molar refractivity (Wildman–Crippen MR) is 71.3 cm³/mol. The van der Waals surface area contributed by atoms with Crippen LogP contribution in [-0.2, 0) is 9.59 Å². The molecule has 1 amide bonds. The van der Waals surface area contributed by atoms with Crippen molar-refractivity contribution in [2.24, 2.45) is 5.92 Å². The van der Waals surface area contributed by atoms with Crippen LogP contribution < -0.4 is 4.74 Å². The summed E-state index contributed by atoms with van der Waals surface area (Å²) in [6, 6.07) is 7.20. The summed E-state index contributed by atoms with van der Waals surface area (Å²) in [7, 11) is 1.59. The van der Waals surface area contributed by atoms with Crippen molar-refractivity contribution in [3.05, 3.63) is 29.8 Å². The number of carbonyl (C=O) groups is 2. The molecule has 1 saturated carbocycles. The van der Waals surface area contributed by atoms with E-state index in [1.807, 2.05) is 24.3 Å². The maximum Gasteiger partial charge on any atom is 0.309 e. The van der Waals surface area contributed by atoms with Gasteiger partial charge in [-0.15, -0.1) is 0 Å². The summed E-state index contributed by atoms with van der Waals surface area (Å²) in [5, 5.41) is 9.38. The number of rotatable bonds is 4. The average Bonchev–Trinajstić information content (AvgIpc) is 3.22. The van der Waals surface area contributed by atoms with Crippen molar-refractivity contribution in [2.75, 3.05) is 7.11 Å². The highest BCUT2D eigenvalue weighted by atomic mass is 16.5. The molecule has 5 heteroatoms. The maximum absolute atomic E-state index is 12.1. The molecule has 0 unspecified atom stereocenters. The summed E-state index contributed by atoms with van der Waals surface area (Å²) >= 11 is 0. The smallest absolute Gasteiger partial charge is 0.309 e. The molecular weight excluding hydrogens is 258 g/mol. The highest BCUT2D eigenvalue weighted by Crippen LogP contribution is 2.45. The normalized spacial score (nSPS) is 25.9. The maximum atomic E-state index is 12.1. The molecule has 0 aromatic heterocycles. The Morgan fingerprint density at radius 3 is 2.45 bits per heavy atom. The lowest BCUT2D eigenvalue weighted by atomic mass is 9.93. The van der Waals surface area contributed by atoms with E-state index in [4.69, 9.17) is 4.74 Å². The molecule has 0 radical (unpaired) electrons. The number of amides is 1. The molecule has 106 valence electrons. The fourth-order valence-corrected chi connectivity index (χ4v) is 2.95. The second kappa shape index (κ2) is 4.81. The van der Waals surface area contributed by atoms with Crippen molar-refractivity contribution in [3.8, 4) is 5.75 Å². The Labute approximate surface area is 117 Å². The highest BCUT2D eigenvalue weighted by molar-refractivity contribution is 5.87. The monoisotopic (exact) mass is 275 g/mol. The van der Waals surface area contributed by atoms with Gasteiger partial charge in [0.1, 0.15) is 5.75 Å². The first-order valence-electron chi connectivity index (χ1n) is 6.79. The fraction of sp³-hybridized carbons (Fsp3) is 0.467. The van der Waals surface area contributed by atoms with E-state index in [0.29, 0.717) is 0 Å². The highest BCUT2D eigenvalue weighted by Gasteiger charge is 2.49. The van der Waals surface area contributed by atoms with Crippen molar-refractivity contribution in [1.29, 1.82) is 0 Å². The van der Waals surface area contributed by atoms with E-state index in [1.165, 1.54) is 0 Å². The van der Waals surface area contributed by atoms with E-state index in [9.17, 15) is 14.7 Å². The quantitative estimate of drug-likeness (QED) is 0.910. The van der Waals surface area contributed by atoms with E-state index in [1.54, 1.807) is 12.0 Å². The van der Waals surface area contributed by atoms with Gasteiger partial charge in [0.25, 0.3) is 0 Å². The van der Waals surface area contributed by atoms with E-state index in [-0.39, 0.29) is 24.4 Å². The molecule has 5 nitrogen and oxygen atoms in total. The zero-order valence-corrected chi connectivity index (χ0v) is 11.3. The van der Waals surface area contributed by atoms with Crippen molar-refractivity contribution in [3.63, 3.8) is 0 Å². The molecule has 0 bridgehead atoms. The second-order valence-corrected chi connectivity index (χ2v) is 5.40. The second-order valence-electron chi connectivity index (χ2n) is 5.40. The number of benzene rings is 1. The van der Waals surface area contributed by atoms with Crippen LogP contribution in [0.25, 0.3) is 0 Å². The number of likely N-dealkylation sites (tertiary alicyclic amines) is 1. The lowest BCUT2D eigenvalue weighted by Crippen LogP contribution is -2.32. The third kappa shape index (κ3) is 2.13. The molecule has 20 heavy (non-hydrogen) atoms. The summed E-state index contributed by atoms with van der Waals surface area (Å²) in [4.78, 5) is 25.3.